The number of hydrogen-bond donors (Lipinski definition) is 0. The third kappa shape index (κ3) is 3.50. The molecule has 6 heteroatoms. The van der Waals surface area contributed by atoms with Gasteiger partial charge in [0.15, 0.2) is 9.84 Å². The van der Waals surface area contributed by atoms with Crippen molar-refractivity contribution in [3.63, 3.8) is 0 Å². The molecule has 2 aromatic heterocycles. The van der Waals surface area contributed by atoms with Gasteiger partial charge in [-0.2, -0.15) is 0 Å². The molecule has 4 nitrogen and oxygen atoms in total. The first-order chi connectivity index (χ1) is 12.1. The quantitative estimate of drug-likeness (QED) is 0.513. The average molecular weight is 369 g/mol. The lowest BCUT2D eigenvalue weighted by atomic mass is 10.1. The summed E-state index contributed by atoms with van der Waals surface area (Å²) in [4.78, 5) is 5.19. The Morgan fingerprint density at radius 3 is 2.64 bits per heavy atom. The topological polar surface area (TPSA) is 60.2 Å². The van der Waals surface area contributed by atoms with Crippen LogP contribution in [0.1, 0.15) is 11.3 Å². The van der Waals surface area contributed by atoms with E-state index in [-0.39, 0.29) is 11.5 Å². The Kier molecular flexibility index (Phi) is 4.15. The van der Waals surface area contributed by atoms with Crippen LogP contribution in [0.25, 0.3) is 21.5 Å². The van der Waals surface area contributed by atoms with Crippen molar-refractivity contribution in [2.24, 2.45) is 0 Å². The molecule has 0 aliphatic rings. The number of nitrogens with zero attached hydrogens (tertiary/aromatic N) is 1. The SMILES string of the molecule is O=S(=O)(Cc1coc(-c2cccs2)n1)Cc1cccc2ccccc12. The Hall–Kier alpha value is -2.44. The van der Waals surface area contributed by atoms with Crippen molar-refractivity contribution in [3.05, 3.63) is 77.5 Å². The van der Waals surface area contributed by atoms with Crippen LogP contribution in [-0.4, -0.2) is 13.4 Å². The first-order valence-electron chi connectivity index (χ1n) is 7.76. The molecule has 25 heavy (non-hydrogen) atoms. The number of sulfone groups is 1. The Labute approximate surface area is 149 Å². The summed E-state index contributed by atoms with van der Waals surface area (Å²) in [6.07, 6.45) is 1.43. The van der Waals surface area contributed by atoms with E-state index in [0.29, 0.717) is 11.6 Å². The van der Waals surface area contributed by atoms with Crippen LogP contribution in [-0.2, 0) is 21.3 Å². The van der Waals surface area contributed by atoms with E-state index in [0.717, 1.165) is 21.2 Å². The summed E-state index contributed by atoms with van der Waals surface area (Å²) in [5, 5.41) is 3.93. The van der Waals surface area contributed by atoms with E-state index in [2.05, 4.69) is 4.98 Å². The van der Waals surface area contributed by atoms with Gasteiger partial charge >= 0.3 is 0 Å². The summed E-state index contributed by atoms with van der Waals surface area (Å²) in [6, 6.07) is 17.3. The van der Waals surface area contributed by atoms with Crippen LogP contribution in [0.2, 0.25) is 0 Å². The summed E-state index contributed by atoms with van der Waals surface area (Å²) in [6.45, 7) is 0. The fourth-order valence-corrected chi connectivity index (χ4v) is 4.88. The number of hydrogen-bond acceptors (Lipinski definition) is 5. The fourth-order valence-electron chi connectivity index (χ4n) is 2.82. The summed E-state index contributed by atoms with van der Waals surface area (Å²) >= 11 is 1.51. The Balaban J connectivity index is 1.58. The van der Waals surface area contributed by atoms with Crippen molar-refractivity contribution in [3.8, 4) is 10.8 Å². The average Bonchev–Trinajstić information content (AvgIpc) is 3.26. The monoisotopic (exact) mass is 369 g/mol. The van der Waals surface area contributed by atoms with Crippen LogP contribution >= 0.6 is 11.3 Å². The van der Waals surface area contributed by atoms with E-state index in [1.54, 1.807) is 0 Å². The van der Waals surface area contributed by atoms with Crippen LogP contribution in [0.15, 0.2) is 70.7 Å². The minimum atomic E-state index is -3.35. The maximum absolute atomic E-state index is 12.6. The van der Waals surface area contributed by atoms with Gasteiger partial charge in [0.1, 0.15) is 6.26 Å². The third-order valence-corrected chi connectivity index (χ3v) is 6.25. The lowest BCUT2D eigenvalue weighted by Crippen LogP contribution is -2.08. The Bertz CT molecular complexity index is 1110. The normalized spacial score (nSPS) is 11.8. The van der Waals surface area contributed by atoms with E-state index in [1.807, 2.05) is 60.0 Å². The molecule has 2 heterocycles. The molecule has 0 saturated carbocycles. The molecule has 0 amide bonds. The van der Waals surface area contributed by atoms with Crippen molar-refractivity contribution in [1.82, 2.24) is 4.98 Å². The number of rotatable bonds is 5. The van der Waals surface area contributed by atoms with Crippen molar-refractivity contribution in [2.75, 3.05) is 0 Å². The second-order valence-corrected chi connectivity index (χ2v) is 8.80. The zero-order valence-corrected chi connectivity index (χ0v) is 14.9. The third-order valence-electron chi connectivity index (χ3n) is 3.91. The maximum Gasteiger partial charge on any atom is 0.236 e. The van der Waals surface area contributed by atoms with Crippen LogP contribution in [0, 0.1) is 0 Å². The van der Waals surface area contributed by atoms with E-state index in [9.17, 15) is 8.42 Å². The largest absolute Gasteiger partial charge is 0.444 e. The second kappa shape index (κ2) is 6.46. The molecule has 4 aromatic rings. The molecule has 0 fully saturated rings. The number of thiophene rings is 1. The number of benzene rings is 2. The Morgan fingerprint density at radius 1 is 0.960 bits per heavy atom. The predicted molar refractivity (Wildman–Crippen MR) is 100 cm³/mol. The molecular weight excluding hydrogens is 354 g/mol. The number of oxazole rings is 1. The first-order valence-corrected chi connectivity index (χ1v) is 10.5. The van der Waals surface area contributed by atoms with Gasteiger partial charge in [-0.25, -0.2) is 13.4 Å². The van der Waals surface area contributed by atoms with Crippen LogP contribution in [0.3, 0.4) is 0 Å². The van der Waals surface area contributed by atoms with E-state index < -0.39 is 9.84 Å². The molecule has 4 rings (SSSR count). The van der Waals surface area contributed by atoms with Gasteiger partial charge in [0.05, 0.1) is 22.1 Å². The highest BCUT2D eigenvalue weighted by molar-refractivity contribution is 7.89. The molecule has 0 saturated heterocycles. The van der Waals surface area contributed by atoms with Crippen molar-refractivity contribution < 1.29 is 12.8 Å². The summed E-state index contributed by atoms with van der Waals surface area (Å²) in [7, 11) is -3.35. The van der Waals surface area contributed by atoms with Gasteiger partial charge < -0.3 is 4.42 Å². The van der Waals surface area contributed by atoms with Crippen LogP contribution in [0.4, 0.5) is 0 Å². The summed E-state index contributed by atoms with van der Waals surface area (Å²) in [5.74, 6) is 0.311. The standard InChI is InChI=1S/C19H15NO3S2/c21-25(22,12-15-7-3-6-14-5-1-2-8-17(14)15)13-16-11-23-19(20-16)18-9-4-10-24-18/h1-11H,12-13H2. The molecule has 0 N–H and O–H groups in total. The van der Waals surface area contributed by atoms with E-state index >= 15 is 0 Å². The zero-order chi connectivity index (χ0) is 17.3. The van der Waals surface area contributed by atoms with Crippen molar-refractivity contribution >= 4 is 31.9 Å². The first kappa shape index (κ1) is 16.1. The second-order valence-electron chi connectivity index (χ2n) is 5.79. The minimum Gasteiger partial charge on any atom is -0.444 e. The predicted octanol–water partition coefficient (Wildman–Crippen LogP) is 4.67. The van der Waals surface area contributed by atoms with Gasteiger partial charge in [-0.05, 0) is 27.8 Å². The van der Waals surface area contributed by atoms with Gasteiger partial charge in [0, 0.05) is 0 Å². The van der Waals surface area contributed by atoms with E-state index in [4.69, 9.17) is 4.42 Å². The van der Waals surface area contributed by atoms with Gasteiger partial charge in [-0.1, -0.05) is 48.5 Å². The van der Waals surface area contributed by atoms with Crippen molar-refractivity contribution in [2.45, 2.75) is 11.5 Å². The summed E-state index contributed by atoms with van der Waals surface area (Å²) < 4.78 is 30.7. The van der Waals surface area contributed by atoms with Crippen molar-refractivity contribution in [1.29, 1.82) is 0 Å². The smallest absolute Gasteiger partial charge is 0.236 e. The fraction of sp³-hybridized carbons (Fsp3) is 0.105. The molecular formula is C19H15NO3S2. The van der Waals surface area contributed by atoms with E-state index in [1.165, 1.54) is 17.6 Å². The molecule has 0 unspecified atom stereocenters. The summed E-state index contributed by atoms with van der Waals surface area (Å²) in [5.41, 5.74) is 1.24. The van der Waals surface area contributed by atoms with Crippen LogP contribution in [0.5, 0.6) is 0 Å². The van der Waals surface area contributed by atoms with Gasteiger partial charge in [-0.3, -0.25) is 0 Å². The highest BCUT2D eigenvalue weighted by Gasteiger charge is 2.18. The molecule has 0 spiro atoms. The molecule has 0 atom stereocenters. The molecule has 0 aliphatic carbocycles. The Morgan fingerprint density at radius 2 is 1.80 bits per heavy atom. The van der Waals surface area contributed by atoms with Crippen LogP contribution < -0.4 is 0 Å². The molecule has 0 aliphatic heterocycles. The molecule has 0 bridgehead atoms. The zero-order valence-electron chi connectivity index (χ0n) is 13.3. The number of fused-ring (bicyclic) bond motifs is 1. The highest BCUT2D eigenvalue weighted by Crippen LogP contribution is 2.25. The maximum atomic E-state index is 12.6. The molecule has 126 valence electrons. The lowest BCUT2D eigenvalue weighted by molar-refractivity contribution is 0.573. The van der Waals surface area contributed by atoms with Gasteiger partial charge in [0.25, 0.3) is 0 Å². The van der Waals surface area contributed by atoms with Gasteiger partial charge in [-0.15, -0.1) is 11.3 Å². The lowest BCUT2D eigenvalue weighted by Gasteiger charge is -2.07. The number of aromatic nitrogens is 1. The van der Waals surface area contributed by atoms with Gasteiger partial charge in [0.2, 0.25) is 5.89 Å². The minimum absolute atomic E-state index is 0.0183. The molecule has 0 radical (unpaired) electrons. The highest BCUT2D eigenvalue weighted by atomic mass is 32.2. The molecule has 2 aromatic carbocycles.